The standard InChI is InChI=1S/C14H21NOS/c1-4-14(13-8-6-5-7-9-13)11-15(3)10-12(2)17(14)16/h5-9,12H,4,10-11H2,1-3H3/t12-,14?,17-/m1/s1. The van der Waals surface area contributed by atoms with Crippen LogP contribution in [0, 0.1) is 0 Å². The summed E-state index contributed by atoms with van der Waals surface area (Å²) in [6.07, 6.45) is 0.929. The molecule has 0 bridgehead atoms. The van der Waals surface area contributed by atoms with Crippen molar-refractivity contribution in [1.82, 2.24) is 4.90 Å². The summed E-state index contributed by atoms with van der Waals surface area (Å²) in [7, 11) is 1.33. The van der Waals surface area contributed by atoms with Gasteiger partial charge in [-0.3, -0.25) is 4.21 Å². The van der Waals surface area contributed by atoms with Gasteiger partial charge in [-0.1, -0.05) is 37.3 Å². The highest BCUT2D eigenvalue weighted by molar-refractivity contribution is 7.86. The Hall–Kier alpha value is -0.670. The van der Waals surface area contributed by atoms with E-state index in [0.29, 0.717) is 0 Å². The smallest absolute Gasteiger partial charge is 0.0834 e. The second kappa shape index (κ2) is 4.91. The van der Waals surface area contributed by atoms with E-state index in [1.807, 2.05) is 18.2 Å². The first-order valence-corrected chi connectivity index (χ1v) is 7.46. The predicted molar refractivity (Wildman–Crippen MR) is 73.5 cm³/mol. The molecular weight excluding hydrogens is 230 g/mol. The van der Waals surface area contributed by atoms with Crippen LogP contribution in [0.1, 0.15) is 25.8 Å². The summed E-state index contributed by atoms with van der Waals surface area (Å²) in [5.41, 5.74) is 1.22. The summed E-state index contributed by atoms with van der Waals surface area (Å²) >= 11 is 0. The highest BCUT2D eigenvalue weighted by Gasteiger charge is 2.43. The number of nitrogens with zero attached hydrogens (tertiary/aromatic N) is 1. The third-order valence-electron chi connectivity index (χ3n) is 3.72. The van der Waals surface area contributed by atoms with Gasteiger partial charge in [0.15, 0.2) is 0 Å². The first kappa shape index (κ1) is 12.8. The Kier molecular flexibility index (Phi) is 3.69. The molecule has 0 N–H and O–H groups in total. The van der Waals surface area contributed by atoms with Crippen molar-refractivity contribution < 1.29 is 4.21 Å². The largest absolute Gasteiger partial charge is 0.303 e. The molecule has 2 rings (SSSR count). The summed E-state index contributed by atoms with van der Waals surface area (Å²) in [6, 6.07) is 10.3. The zero-order valence-electron chi connectivity index (χ0n) is 10.8. The Morgan fingerprint density at radius 2 is 2.06 bits per heavy atom. The van der Waals surface area contributed by atoms with Gasteiger partial charge in [0.1, 0.15) is 0 Å². The van der Waals surface area contributed by atoms with Crippen molar-refractivity contribution in [2.45, 2.75) is 30.3 Å². The zero-order valence-corrected chi connectivity index (χ0v) is 11.7. The number of hydrogen-bond donors (Lipinski definition) is 0. The lowest BCUT2D eigenvalue weighted by atomic mass is 9.94. The van der Waals surface area contributed by atoms with Gasteiger partial charge in [0, 0.05) is 29.1 Å². The van der Waals surface area contributed by atoms with Crippen molar-refractivity contribution in [2.24, 2.45) is 0 Å². The molecule has 2 nitrogen and oxygen atoms in total. The fourth-order valence-electron chi connectivity index (χ4n) is 2.86. The van der Waals surface area contributed by atoms with Crippen LogP contribution in [0.4, 0.5) is 0 Å². The van der Waals surface area contributed by atoms with E-state index < -0.39 is 10.8 Å². The molecule has 1 aliphatic heterocycles. The third kappa shape index (κ3) is 2.18. The van der Waals surface area contributed by atoms with Crippen molar-refractivity contribution in [3.8, 4) is 0 Å². The molecule has 0 radical (unpaired) electrons. The monoisotopic (exact) mass is 251 g/mol. The highest BCUT2D eigenvalue weighted by atomic mass is 32.2. The summed E-state index contributed by atoms with van der Waals surface area (Å²) < 4.78 is 12.5. The average molecular weight is 251 g/mol. The van der Waals surface area contributed by atoms with Gasteiger partial charge >= 0.3 is 0 Å². The molecule has 94 valence electrons. The maximum Gasteiger partial charge on any atom is 0.0834 e. The molecule has 0 spiro atoms. The molecule has 1 fully saturated rings. The SMILES string of the molecule is CCC1(c2ccccc2)CN(C)C[C@@H](C)[S@]1=O. The van der Waals surface area contributed by atoms with Gasteiger partial charge in [0.25, 0.3) is 0 Å². The fraction of sp³-hybridized carbons (Fsp3) is 0.571. The van der Waals surface area contributed by atoms with Crippen LogP contribution in [-0.2, 0) is 15.5 Å². The molecule has 1 saturated heterocycles. The molecule has 0 aliphatic carbocycles. The van der Waals surface area contributed by atoms with Crippen LogP contribution in [0.3, 0.4) is 0 Å². The van der Waals surface area contributed by atoms with Crippen LogP contribution < -0.4 is 0 Å². The summed E-state index contributed by atoms with van der Waals surface area (Å²) in [6.45, 7) is 6.07. The highest BCUT2D eigenvalue weighted by Crippen LogP contribution is 2.37. The molecule has 0 aromatic heterocycles. The van der Waals surface area contributed by atoms with Crippen LogP contribution in [0.5, 0.6) is 0 Å². The molecule has 1 aromatic rings. The fourth-order valence-corrected chi connectivity index (χ4v) is 5.02. The summed E-state index contributed by atoms with van der Waals surface area (Å²) in [5.74, 6) is 0. The molecule has 1 heterocycles. The lowest BCUT2D eigenvalue weighted by Gasteiger charge is -2.43. The Morgan fingerprint density at radius 1 is 1.41 bits per heavy atom. The van der Waals surface area contributed by atoms with Crippen LogP contribution in [0.15, 0.2) is 30.3 Å². The predicted octanol–water partition coefficient (Wildman–Crippen LogP) is 2.37. The van der Waals surface area contributed by atoms with Gasteiger partial charge < -0.3 is 4.90 Å². The van der Waals surface area contributed by atoms with E-state index in [0.717, 1.165) is 19.5 Å². The second-order valence-electron chi connectivity index (χ2n) is 5.02. The molecule has 0 saturated carbocycles. The van der Waals surface area contributed by atoms with Gasteiger partial charge in [0.05, 0.1) is 4.75 Å². The molecular formula is C14H21NOS. The molecule has 3 heteroatoms. The van der Waals surface area contributed by atoms with E-state index in [-0.39, 0.29) is 10.00 Å². The first-order chi connectivity index (χ1) is 8.10. The lowest BCUT2D eigenvalue weighted by Crippen LogP contribution is -2.53. The van der Waals surface area contributed by atoms with Gasteiger partial charge in [-0.2, -0.15) is 0 Å². The number of rotatable bonds is 2. The van der Waals surface area contributed by atoms with Crippen molar-refractivity contribution in [1.29, 1.82) is 0 Å². The Morgan fingerprint density at radius 3 is 2.65 bits per heavy atom. The average Bonchev–Trinajstić information content (AvgIpc) is 2.35. The van der Waals surface area contributed by atoms with Gasteiger partial charge in [-0.25, -0.2) is 0 Å². The zero-order chi connectivity index (χ0) is 12.5. The minimum Gasteiger partial charge on any atom is -0.303 e. The second-order valence-corrected chi connectivity index (χ2v) is 7.20. The minimum absolute atomic E-state index is 0.187. The maximum absolute atomic E-state index is 12.7. The normalized spacial score (nSPS) is 34.8. The van der Waals surface area contributed by atoms with Gasteiger partial charge in [-0.05, 0) is 26.0 Å². The number of hydrogen-bond acceptors (Lipinski definition) is 2. The van der Waals surface area contributed by atoms with E-state index in [1.165, 1.54) is 5.56 Å². The number of likely N-dealkylation sites (N-methyl/N-ethyl adjacent to an activating group) is 1. The molecule has 1 aliphatic rings. The lowest BCUT2D eigenvalue weighted by molar-refractivity contribution is 0.270. The molecule has 1 aromatic carbocycles. The Bertz CT molecular complexity index is 406. The van der Waals surface area contributed by atoms with Crippen LogP contribution >= 0.6 is 0 Å². The summed E-state index contributed by atoms with van der Waals surface area (Å²) in [4.78, 5) is 2.31. The van der Waals surface area contributed by atoms with E-state index in [1.54, 1.807) is 0 Å². The third-order valence-corrected chi connectivity index (χ3v) is 6.02. The van der Waals surface area contributed by atoms with Crippen molar-refractivity contribution in [3.63, 3.8) is 0 Å². The van der Waals surface area contributed by atoms with E-state index in [9.17, 15) is 4.21 Å². The van der Waals surface area contributed by atoms with Crippen LogP contribution in [0.25, 0.3) is 0 Å². The maximum atomic E-state index is 12.7. The quantitative estimate of drug-likeness (QED) is 0.804. The summed E-state index contributed by atoms with van der Waals surface area (Å²) in [5, 5.41) is 0.244. The first-order valence-electron chi connectivity index (χ1n) is 6.25. The van der Waals surface area contributed by atoms with E-state index in [4.69, 9.17) is 0 Å². The van der Waals surface area contributed by atoms with Gasteiger partial charge in [-0.15, -0.1) is 0 Å². The topological polar surface area (TPSA) is 20.3 Å². The van der Waals surface area contributed by atoms with Crippen molar-refractivity contribution in [2.75, 3.05) is 20.1 Å². The van der Waals surface area contributed by atoms with Crippen molar-refractivity contribution in [3.05, 3.63) is 35.9 Å². The molecule has 0 amide bonds. The number of benzene rings is 1. The Balaban J connectivity index is 2.45. The van der Waals surface area contributed by atoms with Crippen LogP contribution in [-0.4, -0.2) is 34.5 Å². The Labute approximate surface area is 106 Å². The van der Waals surface area contributed by atoms with E-state index in [2.05, 4.69) is 37.9 Å². The van der Waals surface area contributed by atoms with Crippen LogP contribution in [0.2, 0.25) is 0 Å². The molecule has 1 unspecified atom stereocenters. The van der Waals surface area contributed by atoms with Crippen molar-refractivity contribution >= 4 is 10.8 Å². The van der Waals surface area contributed by atoms with E-state index >= 15 is 0 Å². The minimum atomic E-state index is -0.795. The molecule has 3 atom stereocenters. The van der Waals surface area contributed by atoms with Gasteiger partial charge in [0.2, 0.25) is 0 Å². The molecule has 17 heavy (non-hydrogen) atoms.